The van der Waals surface area contributed by atoms with Crippen LogP contribution in [-0.2, 0) is 16.3 Å². The average Bonchev–Trinajstić information content (AvgIpc) is 2.29. The molecule has 4 nitrogen and oxygen atoms in total. The fourth-order valence-corrected chi connectivity index (χ4v) is 2.34. The van der Waals surface area contributed by atoms with E-state index in [4.69, 9.17) is 10.5 Å². The molecule has 2 unspecified atom stereocenters. The van der Waals surface area contributed by atoms with Crippen LogP contribution in [0.1, 0.15) is 12.5 Å². The number of hydrogen-bond acceptors (Lipinski definition) is 4. The van der Waals surface area contributed by atoms with E-state index in [0.29, 0.717) is 5.56 Å². The Morgan fingerprint density at radius 1 is 1.44 bits per heavy atom. The SMILES string of the molecule is COc1cccc(CC(N)C(C)S(C)(=O)=O)c1F. The largest absolute Gasteiger partial charge is 0.494 e. The average molecular weight is 275 g/mol. The molecule has 0 aliphatic carbocycles. The molecule has 0 heterocycles. The predicted molar refractivity (Wildman–Crippen MR) is 68.9 cm³/mol. The van der Waals surface area contributed by atoms with E-state index in [1.807, 2.05) is 0 Å². The highest BCUT2D eigenvalue weighted by atomic mass is 32.2. The molecule has 102 valence electrons. The van der Waals surface area contributed by atoms with E-state index in [-0.39, 0.29) is 12.2 Å². The topological polar surface area (TPSA) is 69.4 Å². The van der Waals surface area contributed by atoms with E-state index in [9.17, 15) is 12.8 Å². The highest BCUT2D eigenvalue weighted by molar-refractivity contribution is 7.91. The minimum absolute atomic E-state index is 0.131. The molecule has 2 N–H and O–H groups in total. The standard InChI is InChI=1S/C12H18FNO3S/c1-8(18(3,15)16)10(14)7-9-5-4-6-11(17-2)12(9)13/h4-6,8,10H,7,14H2,1-3H3. The summed E-state index contributed by atoms with van der Waals surface area (Å²) in [6.45, 7) is 1.53. The summed E-state index contributed by atoms with van der Waals surface area (Å²) in [5, 5.41) is -0.719. The molecule has 0 bridgehead atoms. The first-order valence-electron chi connectivity index (χ1n) is 5.53. The number of rotatable bonds is 5. The van der Waals surface area contributed by atoms with Crippen molar-refractivity contribution in [2.24, 2.45) is 5.73 Å². The molecule has 18 heavy (non-hydrogen) atoms. The Hall–Kier alpha value is -1.14. The van der Waals surface area contributed by atoms with Crippen molar-refractivity contribution in [2.75, 3.05) is 13.4 Å². The lowest BCUT2D eigenvalue weighted by atomic mass is 10.0. The Labute approximate surface area is 107 Å². The maximum absolute atomic E-state index is 13.9. The molecule has 0 radical (unpaired) electrons. The Kier molecular flexibility index (Phi) is 4.70. The van der Waals surface area contributed by atoms with Gasteiger partial charge in [0.1, 0.15) is 0 Å². The molecule has 0 aliphatic heterocycles. The Bertz CT molecular complexity index is 516. The molecule has 1 aromatic carbocycles. The fraction of sp³-hybridized carbons (Fsp3) is 0.500. The Morgan fingerprint density at radius 3 is 2.56 bits per heavy atom. The van der Waals surface area contributed by atoms with E-state index < -0.39 is 26.9 Å². The van der Waals surface area contributed by atoms with Gasteiger partial charge in [0.15, 0.2) is 21.4 Å². The first-order chi connectivity index (χ1) is 8.27. The van der Waals surface area contributed by atoms with Crippen LogP contribution < -0.4 is 10.5 Å². The van der Waals surface area contributed by atoms with E-state index in [2.05, 4.69) is 0 Å². The molecule has 0 saturated carbocycles. The number of halogens is 1. The molecule has 0 fully saturated rings. The maximum atomic E-state index is 13.9. The van der Waals surface area contributed by atoms with Crippen molar-refractivity contribution in [1.82, 2.24) is 0 Å². The van der Waals surface area contributed by atoms with Gasteiger partial charge in [-0.3, -0.25) is 0 Å². The Morgan fingerprint density at radius 2 is 2.06 bits per heavy atom. The molecule has 0 amide bonds. The van der Waals surface area contributed by atoms with Crippen LogP contribution in [0.3, 0.4) is 0 Å². The van der Waals surface area contributed by atoms with Gasteiger partial charge in [0.25, 0.3) is 0 Å². The Balaban J connectivity index is 2.92. The molecule has 0 aromatic heterocycles. The van der Waals surface area contributed by atoms with Crippen molar-refractivity contribution in [3.05, 3.63) is 29.6 Å². The van der Waals surface area contributed by atoms with Crippen LogP contribution in [0, 0.1) is 5.82 Å². The normalized spacial score (nSPS) is 15.2. The second kappa shape index (κ2) is 5.67. The van der Waals surface area contributed by atoms with Gasteiger partial charge in [0.05, 0.1) is 12.4 Å². The zero-order valence-corrected chi connectivity index (χ0v) is 11.5. The van der Waals surface area contributed by atoms with Crippen molar-refractivity contribution in [1.29, 1.82) is 0 Å². The summed E-state index contributed by atoms with van der Waals surface area (Å²) in [7, 11) is -1.85. The third-order valence-corrected chi connectivity index (χ3v) is 4.70. The van der Waals surface area contributed by atoms with Crippen LogP contribution >= 0.6 is 0 Å². The molecule has 0 saturated heterocycles. The lowest BCUT2D eigenvalue weighted by Crippen LogP contribution is -2.39. The molecule has 6 heteroatoms. The van der Waals surface area contributed by atoms with Crippen molar-refractivity contribution in [3.63, 3.8) is 0 Å². The number of benzene rings is 1. The minimum Gasteiger partial charge on any atom is -0.494 e. The summed E-state index contributed by atoms with van der Waals surface area (Å²) in [5.41, 5.74) is 6.17. The number of methoxy groups -OCH3 is 1. The van der Waals surface area contributed by atoms with Gasteiger partial charge in [0, 0.05) is 12.3 Å². The van der Waals surface area contributed by atoms with Gasteiger partial charge in [0.2, 0.25) is 0 Å². The third-order valence-electron chi connectivity index (χ3n) is 3.00. The van der Waals surface area contributed by atoms with Crippen LogP contribution in [0.4, 0.5) is 4.39 Å². The van der Waals surface area contributed by atoms with Gasteiger partial charge in [-0.15, -0.1) is 0 Å². The maximum Gasteiger partial charge on any atom is 0.168 e. The quantitative estimate of drug-likeness (QED) is 0.875. The van der Waals surface area contributed by atoms with Crippen molar-refractivity contribution < 1.29 is 17.5 Å². The highest BCUT2D eigenvalue weighted by Gasteiger charge is 2.24. The molecule has 1 aromatic rings. The smallest absolute Gasteiger partial charge is 0.168 e. The minimum atomic E-state index is -3.23. The molecule has 1 rings (SSSR count). The van der Waals surface area contributed by atoms with Crippen molar-refractivity contribution in [2.45, 2.75) is 24.6 Å². The lowest BCUT2D eigenvalue weighted by Gasteiger charge is -2.19. The molecule has 0 spiro atoms. The monoisotopic (exact) mass is 275 g/mol. The highest BCUT2D eigenvalue weighted by Crippen LogP contribution is 2.21. The third kappa shape index (κ3) is 3.43. The second-order valence-electron chi connectivity index (χ2n) is 4.34. The van der Waals surface area contributed by atoms with Gasteiger partial charge in [-0.1, -0.05) is 12.1 Å². The van der Waals surface area contributed by atoms with E-state index >= 15 is 0 Å². The number of nitrogens with two attached hydrogens (primary N) is 1. The van der Waals surface area contributed by atoms with Crippen molar-refractivity contribution in [3.8, 4) is 5.75 Å². The summed E-state index contributed by atoms with van der Waals surface area (Å²) in [6, 6.07) is 4.08. The van der Waals surface area contributed by atoms with E-state index in [1.165, 1.54) is 20.1 Å². The molecule has 2 atom stereocenters. The van der Waals surface area contributed by atoms with Crippen LogP contribution in [0.25, 0.3) is 0 Å². The van der Waals surface area contributed by atoms with Gasteiger partial charge in [-0.25, -0.2) is 12.8 Å². The van der Waals surface area contributed by atoms with Gasteiger partial charge >= 0.3 is 0 Å². The molecule has 0 aliphatic rings. The van der Waals surface area contributed by atoms with Crippen LogP contribution in [0.15, 0.2) is 18.2 Å². The van der Waals surface area contributed by atoms with Crippen LogP contribution in [0.2, 0.25) is 0 Å². The second-order valence-corrected chi connectivity index (χ2v) is 6.74. The summed E-state index contributed by atoms with van der Waals surface area (Å²) < 4.78 is 41.5. The first-order valence-corrected chi connectivity index (χ1v) is 7.48. The number of hydrogen-bond donors (Lipinski definition) is 1. The zero-order valence-electron chi connectivity index (χ0n) is 10.7. The van der Waals surface area contributed by atoms with Crippen molar-refractivity contribution >= 4 is 9.84 Å². The van der Waals surface area contributed by atoms with Crippen LogP contribution in [0.5, 0.6) is 5.75 Å². The summed E-state index contributed by atoms with van der Waals surface area (Å²) in [6.07, 6.45) is 1.27. The van der Waals surface area contributed by atoms with Gasteiger partial charge in [-0.05, 0) is 25.0 Å². The van der Waals surface area contributed by atoms with Crippen LogP contribution in [-0.4, -0.2) is 33.1 Å². The van der Waals surface area contributed by atoms with Gasteiger partial charge < -0.3 is 10.5 Å². The number of sulfone groups is 1. The summed E-state index contributed by atoms with van der Waals surface area (Å²) in [5.74, 6) is -0.358. The zero-order chi connectivity index (χ0) is 13.9. The molecular weight excluding hydrogens is 257 g/mol. The summed E-state index contributed by atoms with van der Waals surface area (Å²) >= 11 is 0. The fourth-order valence-electron chi connectivity index (χ4n) is 1.61. The van der Waals surface area contributed by atoms with E-state index in [1.54, 1.807) is 12.1 Å². The predicted octanol–water partition coefficient (Wildman–Crippen LogP) is 1.14. The number of ether oxygens (including phenoxy) is 1. The molecular formula is C12H18FNO3S. The summed E-state index contributed by atoms with van der Waals surface area (Å²) in [4.78, 5) is 0. The lowest BCUT2D eigenvalue weighted by molar-refractivity contribution is 0.383. The van der Waals surface area contributed by atoms with E-state index in [0.717, 1.165) is 6.26 Å². The first kappa shape index (κ1) is 14.9. The van der Waals surface area contributed by atoms with Gasteiger partial charge in [-0.2, -0.15) is 0 Å².